The molecule has 1 radical (unpaired) electrons. The van der Waals surface area contributed by atoms with Gasteiger partial charge >= 0.3 is 0 Å². The van der Waals surface area contributed by atoms with Gasteiger partial charge in [-0.15, -0.1) is 0 Å². The number of hydrogen-bond acceptors (Lipinski definition) is 4. The Morgan fingerprint density at radius 3 is 2.80 bits per heavy atom. The Morgan fingerprint density at radius 2 is 2.04 bits per heavy atom. The fourth-order valence-electron chi connectivity index (χ4n) is 2.80. The highest BCUT2D eigenvalue weighted by molar-refractivity contribution is 7.91. The van der Waals surface area contributed by atoms with Gasteiger partial charge in [0.15, 0.2) is 21.4 Å². The van der Waals surface area contributed by atoms with Crippen molar-refractivity contribution in [2.75, 3.05) is 12.4 Å². The SMILES string of the molecule is O=C([B]C1CCS(=O)(=O)c2ccc(Cl)cc21)COc1ccccc1F. The lowest BCUT2D eigenvalue weighted by atomic mass is 9.57. The lowest BCUT2D eigenvalue weighted by molar-refractivity contribution is -0.114. The van der Waals surface area contributed by atoms with E-state index in [1.165, 1.54) is 37.6 Å². The molecule has 1 unspecified atom stereocenters. The second kappa shape index (κ2) is 7.18. The Hall–Kier alpha value is -1.86. The largest absolute Gasteiger partial charge is 0.484 e. The molecule has 1 aliphatic rings. The van der Waals surface area contributed by atoms with Gasteiger partial charge in [0.2, 0.25) is 7.28 Å². The third-order valence-corrected chi connectivity index (χ3v) is 6.05. The minimum atomic E-state index is -3.36. The molecule has 2 aromatic carbocycles. The summed E-state index contributed by atoms with van der Waals surface area (Å²) in [6.07, 6.45) is 0.293. The molecule has 1 aliphatic heterocycles. The summed E-state index contributed by atoms with van der Waals surface area (Å²) in [6, 6.07) is 10.4. The zero-order valence-electron chi connectivity index (χ0n) is 13.1. The minimum absolute atomic E-state index is 0.00100. The highest BCUT2D eigenvalue weighted by Crippen LogP contribution is 2.34. The van der Waals surface area contributed by atoms with Gasteiger partial charge in [0, 0.05) is 5.02 Å². The first-order valence-corrected chi connectivity index (χ1v) is 9.67. The van der Waals surface area contributed by atoms with Crippen molar-refractivity contribution in [1.29, 1.82) is 0 Å². The Bertz CT molecular complexity index is 917. The van der Waals surface area contributed by atoms with Crippen LogP contribution in [0.5, 0.6) is 5.75 Å². The lowest BCUT2D eigenvalue weighted by Gasteiger charge is -2.24. The molecule has 4 nitrogen and oxygen atoms in total. The van der Waals surface area contributed by atoms with Crippen molar-refractivity contribution in [1.82, 2.24) is 0 Å². The molecular weight excluding hydrogens is 366 g/mol. The molecular formula is C17H14BClFO4S. The molecule has 0 bridgehead atoms. The van der Waals surface area contributed by atoms with Gasteiger partial charge in [-0.05, 0) is 48.1 Å². The normalized spacial score (nSPS) is 18.2. The van der Waals surface area contributed by atoms with Crippen molar-refractivity contribution in [2.45, 2.75) is 17.1 Å². The summed E-state index contributed by atoms with van der Waals surface area (Å²) in [6.45, 7) is -0.319. The Kier molecular flexibility index (Phi) is 5.15. The average molecular weight is 380 g/mol. The summed E-state index contributed by atoms with van der Waals surface area (Å²) < 4.78 is 43.0. The number of fused-ring (bicyclic) bond motifs is 1. The van der Waals surface area contributed by atoms with E-state index in [2.05, 4.69) is 0 Å². The van der Waals surface area contributed by atoms with E-state index in [0.717, 1.165) is 0 Å². The first-order valence-electron chi connectivity index (χ1n) is 7.64. The van der Waals surface area contributed by atoms with Gasteiger partial charge < -0.3 is 9.53 Å². The van der Waals surface area contributed by atoms with Crippen molar-refractivity contribution >= 4 is 34.4 Å². The third kappa shape index (κ3) is 4.04. The van der Waals surface area contributed by atoms with Crippen LogP contribution in [-0.4, -0.2) is 33.7 Å². The number of ether oxygens (including phenoxy) is 1. The molecule has 2 aromatic rings. The van der Waals surface area contributed by atoms with Crippen LogP contribution in [0.15, 0.2) is 47.4 Å². The predicted molar refractivity (Wildman–Crippen MR) is 93.5 cm³/mol. The van der Waals surface area contributed by atoms with E-state index in [1.54, 1.807) is 12.1 Å². The van der Waals surface area contributed by atoms with Crippen molar-refractivity contribution in [3.05, 3.63) is 58.9 Å². The Labute approximate surface area is 151 Å². The molecule has 3 rings (SSSR count). The van der Waals surface area contributed by atoms with Gasteiger partial charge in [0.1, 0.15) is 12.3 Å². The van der Waals surface area contributed by atoms with Crippen molar-refractivity contribution in [3.63, 3.8) is 0 Å². The number of halogens is 2. The smallest absolute Gasteiger partial charge is 0.215 e. The molecule has 0 saturated carbocycles. The molecule has 129 valence electrons. The quantitative estimate of drug-likeness (QED) is 0.749. The molecule has 0 amide bonds. The van der Waals surface area contributed by atoms with Crippen LogP contribution < -0.4 is 4.74 Å². The maximum Gasteiger partial charge on any atom is 0.215 e. The average Bonchev–Trinajstić information content (AvgIpc) is 2.56. The number of benzene rings is 2. The van der Waals surface area contributed by atoms with E-state index >= 15 is 0 Å². The van der Waals surface area contributed by atoms with Crippen LogP contribution >= 0.6 is 11.6 Å². The molecule has 0 fully saturated rings. The van der Waals surface area contributed by atoms with Crippen molar-refractivity contribution in [2.24, 2.45) is 0 Å². The predicted octanol–water partition coefficient (Wildman–Crippen LogP) is 3.01. The summed E-state index contributed by atoms with van der Waals surface area (Å²) in [7, 11) is -1.94. The number of para-hydroxylation sites is 1. The third-order valence-electron chi connectivity index (χ3n) is 4.00. The Morgan fingerprint density at radius 1 is 1.28 bits per heavy atom. The standard InChI is InChI=1S/C17H14BClFO4S/c19-11-5-6-16-12(9-11)13(7-8-25(16,22)23)18-17(21)10-24-15-4-2-1-3-14(15)20/h1-6,9,13H,7-8,10H2. The van der Waals surface area contributed by atoms with Gasteiger partial charge in [0.25, 0.3) is 0 Å². The van der Waals surface area contributed by atoms with Crippen LogP contribution in [0, 0.1) is 5.82 Å². The zero-order valence-corrected chi connectivity index (χ0v) is 14.7. The second-order valence-electron chi connectivity index (χ2n) is 5.75. The highest BCUT2D eigenvalue weighted by atomic mass is 35.5. The fraction of sp³-hybridized carbons (Fsp3) is 0.235. The number of rotatable bonds is 5. The van der Waals surface area contributed by atoms with Gasteiger partial charge in [-0.3, -0.25) is 0 Å². The summed E-state index contributed by atoms with van der Waals surface area (Å²) in [5.74, 6) is -0.950. The summed E-state index contributed by atoms with van der Waals surface area (Å²) in [5.41, 5.74) is 0.163. The Balaban J connectivity index is 1.72. The van der Waals surface area contributed by atoms with Crippen molar-refractivity contribution < 1.29 is 22.3 Å². The number of carbonyl (C=O) groups excluding carboxylic acids is 1. The first-order chi connectivity index (χ1) is 11.9. The summed E-state index contributed by atoms with van der Waals surface area (Å²) in [5, 5.41) is 0.407. The topological polar surface area (TPSA) is 60.4 Å². The fourth-order valence-corrected chi connectivity index (χ4v) is 4.61. The maximum atomic E-state index is 13.5. The van der Waals surface area contributed by atoms with Crippen LogP contribution in [0.3, 0.4) is 0 Å². The van der Waals surface area contributed by atoms with Crippen LogP contribution in [-0.2, 0) is 14.6 Å². The second-order valence-corrected chi connectivity index (χ2v) is 8.26. The molecule has 0 N–H and O–H groups in total. The van der Waals surface area contributed by atoms with E-state index < -0.39 is 15.7 Å². The highest BCUT2D eigenvalue weighted by Gasteiger charge is 2.32. The molecule has 8 heteroatoms. The molecule has 0 spiro atoms. The van der Waals surface area contributed by atoms with E-state index in [-0.39, 0.29) is 34.5 Å². The van der Waals surface area contributed by atoms with Crippen molar-refractivity contribution in [3.8, 4) is 5.75 Å². The molecule has 25 heavy (non-hydrogen) atoms. The first kappa shape index (κ1) is 18.0. The summed E-state index contributed by atoms with van der Waals surface area (Å²) in [4.78, 5) is 12.4. The van der Waals surface area contributed by atoms with Crippen LogP contribution in [0.4, 0.5) is 4.39 Å². The molecule has 0 aromatic heterocycles. The molecule has 1 atom stereocenters. The molecule has 1 heterocycles. The maximum absolute atomic E-state index is 13.5. The number of sulfone groups is 1. The summed E-state index contributed by atoms with van der Waals surface area (Å²) >= 11 is 5.97. The lowest BCUT2D eigenvalue weighted by Crippen LogP contribution is -2.30. The van der Waals surface area contributed by atoms with Crippen LogP contribution in [0.25, 0.3) is 0 Å². The van der Waals surface area contributed by atoms with Crippen LogP contribution in [0.1, 0.15) is 17.8 Å². The van der Waals surface area contributed by atoms with E-state index in [4.69, 9.17) is 16.3 Å². The van der Waals surface area contributed by atoms with Gasteiger partial charge in [-0.2, -0.15) is 0 Å². The number of carbonyl (C=O) groups is 1. The minimum Gasteiger partial charge on any atom is -0.484 e. The number of hydrogen-bond donors (Lipinski definition) is 0. The van der Waals surface area contributed by atoms with Crippen LogP contribution in [0.2, 0.25) is 5.02 Å². The van der Waals surface area contributed by atoms with E-state index in [1.807, 2.05) is 0 Å². The molecule has 0 aliphatic carbocycles. The van der Waals surface area contributed by atoms with Gasteiger partial charge in [0.05, 0.1) is 10.6 Å². The van der Waals surface area contributed by atoms with E-state index in [0.29, 0.717) is 17.0 Å². The zero-order chi connectivity index (χ0) is 18.0. The monoisotopic (exact) mass is 379 g/mol. The van der Waals surface area contributed by atoms with E-state index in [9.17, 15) is 17.6 Å². The van der Waals surface area contributed by atoms with Gasteiger partial charge in [-0.1, -0.05) is 23.7 Å². The molecule has 0 saturated heterocycles. The van der Waals surface area contributed by atoms with Gasteiger partial charge in [-0.25, -0.2) is 12.8 Å².